The van der Waals surface area contributed by atoms with Crippen LogP contribution in [-0.2, 0) is 0 Å². The molecule has 0 aliphatic rings. The number of hydrogen-bond donors (Lipinski definition) is 1. The lowest BCUT2D eigenvalue weighted by Crippen LogP contribution is -2.35. The van der Waals surface area contributed by atoms with Gasteiger partial charge in [-0.25, -0.2) is 0 Å². The number of rotatable bonds is 7. The van der Waals surface area contributed by atoms with E-state index in [4.69, 9.17) is 17.3 Å². The second-order valence-corrected chi connectivity index (χ2v) is 7.68. The first kappa shape index (κ1) is 19.7. The maximum Gasteiger partial charge on any atom is 0.274 e. The number of carbonyl (C=O) groups excluding carboxylic acids is 1. The molecule has 5 nitrogen and oxygen atoms in total. The van der Waals surface area contributed by atoms with Gasteiger partial charge in [0.1, 0.15) is 5.03 Å². The summed E-state index contributed by atoms with van der Waals surface area (Å²) < 4.78 is 0. The van der Waals surface area contributed by atoms with Gasteiger partial charge in [0.15, 0.2) is 5.69 Å². The minimum atomic E-state index is -0.155. The Hall–Kier alpha value is -1.63. The molecule has 1 amide bonds. The fraction of sp³-hybridized carbons (Fsp3) is 0.389. The molecule has 0 saturated carbocycles. The van der Waals surface area contributed by atoms with Crippen LogP contribution in [0.3, 0.4) is 0 Å². The molecule has 1 heterocycles. The SMILES string of the molecule is CC(C)C(N)CCN(C)C(=O)c1ccc(Sc2ccccc2Cl)nn1. The summed E-state index contributed by atoms with van der Waals surface area (Å²) in [6.45, 7) is 4.75. The first-order chi connectivity index (χ1) is 11.9. The molecule has 1 aromatic carbocycles. The van der Waals surface area contributed by atoms with Crippen molar-refractivity contribution in [2.45, 2.75) is 36.2 Å². The van der Waals surface area contributed by atoms with Gasteiger partial charge in [-0.05, 0) is 36.6 Å². The van der Waals surface area contributed by atoms with Crippen molar-refractivity contribution in [3.8, 4) is 0 Å². The average Bonchev–Trinajstić information content (AvgIpc) is 2.61. The molecule has 0 radical (unpaired) electrons. The molecule has 0 aliphatic carbocycles. The molecule has 1 aromatic heterocycles. The Kier molecular flexibility index (Phi) is 7.23. The summed E-state index contributed by atoms with van der Waals surface area (Å²) >= 11 is 7.55. The number of benzene rings is 1. The van der Waals surface area contributed by atoms with Crippen molar-refractivity contribution in [1.82, 2.24) is 15.1 Å². The van der Waals surface area contributed by atoms with Crippen LogP contribution in [0.15, 0.2) is 46.3 Å². The summed E-state index contributed by atoms with van der Waals surface area (Å²) in [7, 11) is 1.75. The van der Waals surface area contributed by atoms with Crippen LogP contribution >= 0.6 is 23.4 Å². The maximum atomic E-state index is 12.4. The van der Waals surface area contributed by atoms with E-state index < -0.39 is 0 Å². The molecule has 0 bridgehead atoms. The van der Waals surface area contributed by atoms with Crippen LogP contribution in [0, 0.1) is 5.92 Å². The molecule has 25 heavy (non-hydrogen) atoms. The Morgan fingerprint density at radius 3 is 2.56 bits per heavy atom. The summed E-state index contributed by atoms with van der Waals surface area (Å²) in [5.41, 5.74) is 6.35. The van der Waals surface area contributed by atoms with Gasteiger partial charge in [0, 0.05) is 24.5 Å². The maximum absolute atomic E-state index is 12.4. The van der Waals surface area contributed by atoms with Crippen molar-refractivity contribution in [3.05, 3.63) is 47.1 Å². The molecule has 0 spiro atoms. The second kappa shape index (κ2) is 9.17. The van der Waals surface area contributed by atoms with E-state index in [2.05, 4.69) is 24.0 Å². The average molecular weight is 379 g/mol. The largest absolute Gasteiger partial charge is 0.340 e. The molecule has 0 fully saturated rings. The van der Waals surface area contributed by atoms with Gasteiger partial charge in [0.05, 0.1) is 5.02 Å². The predicted molar refractivity (Wildman–Crippen MR) is 102 cm³/mol. The number of nitrogens with two attached hydrogens (primary N) is 1. The van der Waals surface area contributed by atoms with Gasteiger partial charge in [-0.15, -0.1) is 10.2 Å². The predicted octanol–water partition coefficient (Wildman–Crippen LogP) is 3.73. The number of aromatic nitrogens is 2. The standard InChI is InChI=1S/C18H23ClN4OS/c1-12(2)14(20)10-11-23(3)18(24)15-8-9-17(22-21-15)25-16-7-5-4-6-13(16)19/h4-9,12,14H,10-11,20H2,1-3H3. The highest BCUT2D eigenvalue weighted by molar-refractivity contribution is 7.99. The molecule has 2 N–H and O–H groups in total. The monoisotopic (exact) mass is 378 g/mol. The lowest BCUT2D eigenvalue weighted by atomic mass is 10.0. The smallest absolute Gasteiger partial charge is 0.274 e. The van der Waals surface area contributed by atoms with Gasteiger partial charge in [0.2, 0.25) is 0 Å². The van der Waals surface area contributed by atoms with Crippen molar-refractivity contribution < 1.29 is 4.79 Å². The molecule has 1 unspecified atom stereocenters. The molecule has 2 rings (SSSR count). The Labute approximate surface area is 158 Å². The topological polar surface area (TPSA) is 72.1 Å². The van der Waals surface area contributed by atoms with E-state index in [0.717, 1.165) is 11.3 Å². The molecular formula is C18H23ClN4OS. The molecular weight excluding hydrogens is 356 g/mol. The van der Waals surface area contributed by atoms with Crippen molar-refractivity contribution in [2.75, 3.05) is 13.6 Å². The Balaban J connectivity index is 1.97. The number of halogens is 1. The van der Waals surface area contributed by atoms with Crippen LogP contribution in [0.2, 0.25) is 5.02 Å². The number of hydrogen-bond acceptors (Lipinski definition) is 5. The quantitative estimate of drug-likeness (QED) is 0.794. The van der Waals surface area contributed by atoms with E-state index in [-0.39, 0.29) is 11.9 Å². The highest BCUT2D eigenvalue weighted by Crippen LogP contribution is 2.31. The third kappa shape index (κ3) is 5.70. The van der Waals surface area contributed by atoms with E-state index in [1.807, 2.05) is 24.3 Å². The third-order valence-electron chi connectivity index (χ3n) is 3.91. The number of amides is 1. The van der Waals surface area contributed by atoms with Crippen LogP contribution in [0.25, 0.3) is 0 Å². The number of carbonyl (C=O) groups is 1. The lowest BCUT2D eigenvalue weighted by molar-refractivity contribution is 0.0782. The summed E-state index contributed by atoms with van der Waals surface area (Å²) in [5.74, 6) is 0.238. The summed E-state index contributed by atoms with van der Waals surface area (Å²) in [6.07, 6.45) is 0.758. The minimum Gasteiger partial charge on any atom is -0.340 e. The van der Waals surface area contributed by atoms with E-state index in [1.165, 1.54) is 11.8 Å². The molecule has 7 heteroatoms. The number of nitrogens with zero attached hydrogens (tertiary/aromatic N) is 3. The van der Waals surface area contributed by atoms with Gasteiger partial charge in [-0.2, -0.15) is 0 Å². The van der Waals surface area contributed by atoms with Crippen LogP contribution in [0.5, 0.6) is 0 Å². The first-order valence-electron chi connectivity index (χ1n) is 8.15. The van der Waals surface area contributed by atoms with E-state index in [9.17, 15) is 4.79 Å². The summed E-state index contributed by atoms with van der Waals surface area (Å²) in [4.78, 5) is 14.9. The molecule has 134 valence electrons. The minimum absolute atomic E-state index is 0.0794. The van der Waals surface area contributed by atoms with E-state index in [0.29, 0.717) is 28.2 Å². The third-order valence-corrected chi connectivity index (χ3v) is 5.36. The van der Waals surface area contributed by atoms with Crippen LogP contribution in [0.4, 0.5) is 0 Å². The molecule has 2 aromatic rings. The Morgan fingerprint density at radius 2 is 1.96 bits per heavy atom. The zero-order valence-electron chi connectivity index (χ0n) is 14.6. The van der Waals surface area contributed by atoms with Crippen LogP contribution in [-0.4, -0.2) is 40.6 Å². The lowest BCUT2D eigenvalue weighted by Gasteiger charge is -2.21. The van der Waals surface area contributed by atoms with Crippen LogP contribution in [0.1, 0.15) is 30.8 Å². The van der Waals surface area contributed by atoms with Gasteiger partial charge in [0.25, 0.3) is 5.91 Å². The first-order valence-corrected chi connectivity index (χ1v) is 9.35. The summed E-state index contributed by atoms with van der Waals surface area (Å²) in [6, 6.07) is 11.1. The fourth-order valence-electron chi connectivity index (χ4n) is 2.10. The normalized spacial score (nSPS) is 12.2. The molecule has 0 saturated heterocycles. The highest BCUT2D eigenvalue weighted by atomic mass is 35.5. The van der Waals surface area contributed by atoms with Gasteiger partial charge >= 0.3 is 0 Å². The van der Waals surface area contributed by atoms with Crippen molar-refractivity contribution in [2.24, 2.45) is 11.7 Å². The summed E-state index contributed by atoms with van der Waals surface area (Å²) in [5, 5.41) is 9.53. The fourth-order valence-corrected chi connectivity index (χ4v) is 3.11. The second-order valence-electron chi connectivity index (χ2n) is 6.21. The highest BCUT2D eigenvalue weighted by Gasteiger charge is 2.16. The molecule has 0 aliphatic heterocycles. The Bertz CT molecular complexity index is 708. The van der Waals surface area contributed by atoms with Gasteiger partial charge < -0.3 is 10.6 Å². The van der Waals surface area contributed by atoms with Crippen molar-refractivity contribution >= 4 is 29.3 Å². The zero-order valence-corrected chi connectivity index (χ0v) is 16.2. The Morgan fingerprint density at radius 1 is 1.24 bits per heavy atom. The van der Waals surface area contributed by atoms with Crippen molar-refractivity contribution in [1.29, 1.82) is 0 Å². The van der Waals surface area contributed by atoms with E-state index >= 15 is 0 Å². The van der Waals surface area contributed by atoms with Gasteiger partial charge in [-0.3, -0.25) is 4.79 Å². The van der Waals surface area contributed by atoms with Gasteiger partial charge in [-0.1, -0.05) is 49.3 Å². The van der Waals surface area contributed by atoms with Crippen molar-refractivity contribution in [3.63, 3.8) is 0 Å². The van der Waals surface area contributed by atoms with Crippen LogP contribution < -0.4 is 5.73 Å². The molecule has 1 atom stereocenters. The van der Waals surface area contributed by atoms with E-state index in [1.54, 1.807) is 24.1 Å². The zero-order chi connectivity index (χ0) is 18.4.